The molecule has 4 aliphatic carbocycles. The SMILES string of the molecule is CCC(F)(S(=O)(=O)O)S(=O)(=O)C12CC3CC(CC(C3)C1)C2. The quantitative estimate of drug-likeness (QED) is 0.793. The predicted molar refractivity (Wildman–Crippen MR) is 75.5 cm³/mol. The van der Waals surface area contributed by atoms with E-state index in [1.165, 1.54) is 0 Å². The van der Waals surface area contributed by atoms with Gasteiger partial charge in [-0.15, -0.1) is 0 Å². The van der Waals surface area contributed by atoms with Crippen LogP contribution in [-0.2, 0) is 20.0 Å². The molecule has 0 aliphatic heterocycles. The molecule has 122 valence electrons. The monoisotopic (exact) mass is 340 g/mol. The second-order valence-corrected chi connectivity index (χ2v) is 11.5. The Morgan fingerprint density at radius 2 is 1.43 bits per heavy atom. The van der Waals surface area contributed by atoms with Gasteiger partial charge in [0.05, 0.1) is 4.75 Å². The van der Waals surface area contributed by atoms with Crippen molar-refractivity contribution < 1.29 is 25.8 Å². The molecule has 0 radical (unpaired) electrons. The standard InChI is InChI=1S/C13H21FO5S2/c1-2-13(14,21(17,18)19)20(15,16)12-6-9-3-10(7-12)5-11(4-9)8-12/h9-11H,2-8H2,1H3,(H,17,18,19). The zero-order valence-electron chi connectivity index (χ0n) is 12.0. The molecule has 4 rings (SSSR count). The van der Waals surface area contributed by atoms with Crippen LogP contribution in [0, 0.1) is 17.8 Å². The highest BCUT2D eigenvalue weighted by atomic mass is 32.3. The minimum Gasteiger partial charge on any atom is -0.282 e. The van der Waals surface area contributed by atoms with Crippen molar-refractivity contribution in [1.29, 1.82) is 0 Å². The van der Waals surface area contributed by atoms with Gasteiger partial charge >= 0.3 is 14.5 Å². The van der Waals surface area contributed by atoms with Gasteiger partial charge in [0.2, 0.25) is 9.84 Å². The number of hydrogen-bond acceptors (Lipinski definition) is 4. The van der Waals surface area contributed by atoms with Gasteiger partial charge in [-0.25, -0.2) is 12.8 Å². The van der Waals surface area contributed by atoms with E-state index in [0.29, 0.717) is 19.3 Å². The molecule has 4 aliphatic rings. The number of rotatable bonds is 4. The fourth-order valence-corrected chi connectivity index (χ4v) is 9.59. The van der Waals surface area contributed by atoms with Crippen molar-refractivity contribution in [1.82, 2.24) is 0 Å². The molecule has 1 unspecified atom stereocenters. The predicted octanol–water partition coefficient (Wildman–Crippen LogP) is 2.29. The highest BCUT2D eigenvalue weighted by molar-refractivity contribution is 8.08. The Morgan fingerprint density at radius 3 is 1.71 bits per heavy atom. The second kappa shape index (κ2) is 4.41. The highest BCUT2D eigenvalue weighted by Gasteiger charge is 2.67. The molecule has 8 heteroatoms. The van der Waals surface area contributed by atoms with Gasteiger partial charge in [-0.05, 0) is 56.3 Å². The van der Waals surface area contributed by atoms with E-state index in [9.17, 15) is 25.8 Å². The number of hydrogen-bond donors (Lipinski definition) is 1. The third-order valence-corrected chi connectivity index (χ3v) is 10.8. The maximum absolute atomic E-state index is 14.9. The Morgan fingerprint density at radius 1 is 1.05 bits per heavy atom. The summed E-state index contributed by atoms with van der Waals surface area (Å²) in [5.74, 6) is 0.732. The zero-order chi connectivity index (χ0) is 15.7. The summed E-state index contributed by atoms with van der Waals surface area (Å²) in [5.41, 5.74) is 0. The molecule has 0 spiro atoms. The third kappa shape index (κ3) is 1.94. The first-order chi connectivity index (χ1) is 9.55. The molecule has 4 bridgehead atoms. The lowest BCUT2D eigenvalue weighted by molar-refractivity contribution is 0.0319. The van der Waals surface area contributed by atoms with Gasteiger partial charge in [-0.2, -0.15) is 8.42 Å². The molecule has 0 heterocycles. The summed E-state index contributed by atoms with van der Waals surface area (Å²) in [5, 5.41) is 0. The van der Waals surface area contributed by atoms with Crippen LogP contribution in [0.25, 0.3) is 0 Å². The van der Waals surface area contributed by atoms with Crippen molar-refractivity contribution in [2.24, 2.45) is 17.8 Å². The topological polar surface area (TPSA) is 88.5 Å². The van der Waals surface area contributed by atoms with Crippen LogP contribution in [0.2, 0.25) is 0 Å². The van der Waals surface area contributed by atoms with Crippen LogP contribution in [0.3, 0.4) is 0 Å². The van der Waals surface area contributed by atoms with Crippen molar-refractivity contribution >= 4 is 20.0 Å². The van der Waals surface area contributed by atoms with Gasteiger partial charge < -0.3 is 0 Å². The molecule has 0 aromatic carbocycles. The van der Waals surface area contributed by atoms with Crippen LogP contribution in [0.5, 0.6) is 0 Å². The van der Waals surface area contributed by atoms with Crippen molar-refractivity contribution in [2.75, 3.05) is 0 Å². The summed E-state index contributed by atoms with van der Waals surface area (Å²) in [6.07, 6.45) is 3.12. The Hall–Kier alpha value is -0.210. The molecular weight excluding hydrogens is 319 g/mol. The van der Waals surface area contributed by atoms with Crippen LogP contribution in [0.15, 0.2) is 0 Å². The van der Waals surface area contributed by atoms with Gasteiger partial charge in [0.25, 0.3) is 0 Å². The highest BCUT2D eigenvalue weighted by Crippen LogP contribution is 2.61. The minimum atomic E-state index is -5.32. The maximum atomic E-state index is 14.9. The fraction of sp³-hybridized carbons (Fsp3) is 1.00. The van der Waals surface area contributed by atoms with E-state index in [0.717, 1.165) is 26.2 Å². The number of sulfone groups is 1. The Labute approximate surface area is 125 Å². The van der Waals surface area contributed by atoms with Crippen molar-refractivity contribution in [3.63, 3.8) is 0 Å². The molecule has 0 amide bonds. The molecule has 1 N–H and O–H groups in total. The van der Waals surface area contributed by atoms with E-state index in [-0.39, 0.29) is 17.8 Å². The first-order valence-electron chi connectivity index (χ1n) is 7.45. The summed E-state index contributed by atoms with van der Waals surface area (Å²) >= 11 is 0. The third-order valence-electron chi connectivity index (χ3n) is 5.76. The molecule has 0 saturated heterocycles. The average molecular weight is 340 g/mol. The molecule has 0 aromatic heterocycles. The van der Waals surface area contributed by atoms with Gasteiger partial charge in [-0.3, -0.25) is 4.55 Å². The Bertz CT molecular complexity index is 619. The molecular formula is C13H21FO5S2. The first kappa shape index (κ1) is 15.7. The summed E-state index contributed by atoms with van der Waals surface area (Å²) in [6.45, 7) is 1.14. The van der Waals surface area contributed by atoms with Crippen LogP contribution >= 0.6 is 0 Å². The zero-order valence-corrected chi connectivity index (χ0v) is 13.6. The largest absolute Gasteiger partial charge is 0.333 e. The van der Waals surface area contributed by atoms with Crippen molar-refractivity contribution in [3.8, 4) is 0 Å². The Kier molecular flexibility index (Phi) is 3.29. The van der Waals surface area contributed by atoms with E-state index >= 15 is 0 Å². The average Bonchev–Trinajstić information content (AvgIpc) is 2.34. The minimum absolute atomic E-state index is 0.244. The Balaban J connectivity index is 2.10. The first-order valence-corrected chi connectivity index (χ1v) is 10.4. The van der Waals surface area contributed by atoms with Gasteiger partial charge in [0.15, 0.2) is 0 Å². The lowest BCUT2D eigenvalue weighted by Gasteiger charge is -2.56. The molecule has 1 atom stereocenters. The van der Waals surface area contributed by atoms with Gasteiger partial charge in [-0.1, -0.05) is 6.92 Å². The van der Waals surface area contributed by atoms with E-state index in [2.05, 4.69) is 0 Å². The van der Waals surface area contributed by atoms with E-state index in [1.54, 1.807) is 0 Å². The maximum Gasteiger partial charge on any atom is 0.333 e. The summed E-state index contributed by atoms with van der Waals surface area (Å²) in [6, 6.07) is 0. The van der Waals surface area contributed by atoms with Crippen molar-refractivity contribution in [2.45, 2.75) is 60.9 Å². The normalized spacial score (nSPS) is 42.0. The smallest absolute Gasteiger partial charge is 0.282 e. The molecule has 4 saturated carbocycles. The van der Waals surface area contributed by atoms with E-state index < -0.39 is 35.5 Å². The van der Waals surface area contributed by atoms with Crippen LogP contribution < -0.4 is 0 Å². The number of alkyl halides is 1. The lowest BCUT2D eigenvalue weighted by atomic mass is 9.56. The lowest BCUT2D eigenvalue weighted by Crippen LogP contribution is -2.61. The molecule has 5 nitrogen and oxygen atoms in total. The van der Waals surface area contributed by atoms with Crippen LogP contribution in [-0.4, -0.2) is 30.5 Å². The fourth-order valence-electron chi connectivity index (χ4n) is 5.19. The molecule has 0 aromatic rings. The summed E-state index contributed by atoms with van der Waals surface area (Å²) < 4.78 is 67.8. The molecule has 21 heavy (non-hydrogen) atoms. The summed E-state index contributed by atoms with van der Waals surface area (Å²) in [4.78, 5) is 0. The van der Waals surface area contributed by atoms with Gasteiger partial charge in [0, 0.05) is 6.42 Å². The van der Waals surface area contributed by atoms with Crippen molar-refractivity contribution in [3.05, 3.63) is 0 Å². The van der Waals surface area contributed by atoms with Gasteiger partial charge in [0.1, 0.15) is 0 Å². The summed E-state index contributed by atoms with van der Waals surface area (Å²) in [7, 11) is -9.95. The molecule has 4 fully saturated rings. The van der Waals surface area contributed by atoms with Crippen LogP contribution in [0.1, 0.15) is 51.9 Å². The van der Waals surface area contributed by atoms with E-state index in [4.69, 9.17) is 0 Å². The van der Waals surface area contributed by atoms with E-state index in [1.807, 2.05) is 0 Å². The van der Waals surface area contributed by atoms with Crippen LogP contribution in [0.4, 0.5) is 4.39 Å². The number of halogens is 1. The second-order valence-electron chi connectivity index (χ2n) is 7.09.